The molecule has 0 aliphatic rings. The summed E-state index contributed by atoms with van der Waals surface area (Å²) in [6, 6.07) is 0. The fraction of sp³-hybridized carbons (Fsp3) is 0.500. The van der Waals surface area contributed by atoms with E-state index in [1.54, 1.807) is 12.2 Å². The van der Waals surface area contributed by atoms with Crippen molar-refractivity contribution >= 4 is 11.6 Å². The number of nitrogens with one attached hydrogen (secondary N) is 2. The van der Waals surface area contributed by atoms with Gasteiger partial charge in [0, 0.05) is 0 Å². The summed E-state index contributed by atoms with van der Waals surface area (Å²) < 4.78 is 35.5. The van der Waals surface area contributed by atoms with Gasteiger partial charge in [-0.25, -0.2) is 0 Å². The average molecular weight is 236 g/mol. The van der Waals surface area contributed by atoms with Crippen LogP contribution in [0.15, 0.2) is 0 Å². The number of halogens is 3. The monoisotopic (exact) mass is 236 g/mol. The van der Waals surface area contributed by atoms with Crippen molar-refractivity contribution in [1.29, 1.82) is 0 Å². The zero-order valence-corrected chi connectivity index (χ0v) is 8.48. The number of H-pyrrole nitrogens is 1. The molecule has 5 nitrogen and oxygen atoms in total. The number of aryl methyl sites for hydroxylation is 1. The predicted octanol–water partition coefficient (Wildman–Crippen LogP) is 0.846. The van der Waals surface area contributed by atoms with Gasteiger partial charge in [-0.2, -0.15) is 18.3 Å². The Morgan fingerprint density at radius 3 is 2.62 bits per heavy atom. The maximum Gasteiger partial charge on any atom is 0.405 e. The number of rotatable bonds is 3. The highest BCUT2D eigenvalue weighted by molar-refractivity contribution is 5.97. The molecule has 1 aromatic rings. The third-order valence-corrected chi connectivity index (χ3v) is 1.90. The van der Waals surface area contributed by atoms with Gasteiger partial charge < -0.3 is 11.1 Å². The number of carbonyl (C=O) groups excluding carboxylic acids is 1. The number of aromatic amines is 1. The molecule has 1 amide bonds. The largest absolute Gasteiger partial charge is 0.405 e. The molecule has 1 heterocycles. The maximum atomic E-state index is 11.8. The molecule has 0 aliphatic heterocycles. The summed E-state index contributed by atoms with van der Waals surface area (Å²) in [5, 5.41) is 7.73. The minimum atomic E-state index is -4.45. The van der Waals surface area contributed by atoms with Crippen molar-refractivity contribution < 1.29 is 18.0 Å². The minimum Gasteiger partial charge on any atom is -0.395 e. The summed E-state index contributed by atoms with van der Waals surface area (Å²) >= 11 is 0. The van der Waals surface area contributed by atoms with Gasteiger partial charge in [0.1, 0.15) is 6.54 Å². The first-order chi connectivity index (χ1) is 7.35. The van der Waals surface area contributed by atoms with Crippen LogP contribution in [0.5, 0.6) is 0 Å². The van der Waals surface area contributed by atoms with E-state index in [-0.39, 0.29) is 11.4 Å². The number of alkyl halides is 3. The first-order valence-corrected chi connectivity index (χ1v) is 4.52. The van der Waals surface area contributed by atoms with E-state index in [2.05, 4.69) is 10.2 Å². The molecule has 0 saturated heterocycles. The molecule has 0 radical (unpaired) electrons. The van der Waals surface area contributed by atoms with Gasteiger partial charge >= 0.3 is 6.18 Å². The summed E-state index contributed by atoms with van der Waals surface area (Å²) in [5.41, 5.74) is 5.92. The van der Waals surface area contributed by atoms with Crippen LogP contribution in [-0.2, 0) is 6.42 Å². The smallest absolute Gasteiger partial charge is 0.395 e. The van der Waals surface area contributed by atoms with Crippen LogP contribution in [0, 0.1) is 0 Å². The summed E-state index contributed by atoms with van der Waals surface area (Å²) in [5.74, 6) is -0.939. The molecule has 1 rings (SSSR count). The molecule has 0 bridgehead atoms. The van der Waals surface area contributed by atoms with Crippen molar-refractivity contribution in [3.63, 3.8) is 0 Å². The highest BCUT2D eigenvalue weighted by Crippen LogP contribution is 2.16. The zero-order valence-electron chi connectivity index (χ0n) is 8.48. The molecule has 16 heavy (non-hydrogen) atoms. The first kappa shape index (κ1) is 12.3. The standard InChI is InChI=1S/C8H11F3N4O/c1-2-4-5(12)6(15-14-4)7(16)13-3-8(9,10)11/h2-3,12H2,1H3,(H,13,16)(H,14,15). The second kappa shape index (κ2) is 4.42. The van der Waals surface area contributed by atoms with Crippen LogP contribution in [0.25, 0.3) is 0 Å². The van der Waals surface area contributed by atoms with E-state index >= 15 is 0 Å². The van der Waals surface area contributed by atoms with Crippen molar-refractivity contribution in [2.75, 3.05) is 12.3 Å². The lowest BCUT2D eigenvalue weighted by Gasteiger charge is -2.07. The highest BCUT2D eigenvalue weighted by atomic mass is 19.4. The molecule has 0 spiro atoms. The number of aromatic nitrogens is 2. The molecule has 0 atom stereocenters. The molecule has 4 N–H and O–H groups in total. The van der Waals surface area contributed by atoms with Crippen molar-refractivity contribution in [3.8, 4) is 0 Å². The molecule has 8 heteroatoms. The topological polar surface area (TPSA) is 83.8 Å². The van der Waals surface area contributed by atoms with Crippen molar-refractivity contribution in [1.82, 2.24) is 15.5 Å². The summed E-state index contributed by atoms with van der Waals surface area (Å²) in [6.45, 7) is 0.376. The third-order valence-electron chi connectivity index (χ3n) is 1.90. The number of nitrogens with zero attached hydrogens (tertiary/aromatic N) is 1. The third kappa shape index (κ3) is 2.88. The molecule has 1 aromatic heterocycles. The van der Waals surface area contributed by atoms with Crippen molar-refractivity contribution in [2.24, 2.45) is 0 Å². The summed E-state index contributed by atoms with van der Waals surface area (Å²) in [4.78, 5) is 11.3. The Kier molecular flexibility index (Phi) is 3.41. The van der Waals surface area contributed by atoms with Gasteiger partial charge in [-0.1, -0.05) is 6.92 Å². The predicted molar refractivity (Wildman–Crippen MR) is 50.8 cm³/mol. The van der Waals surface area contributed by atoms with E-state index in [4.69, 9.17) is 5.73 Å². The second-order valence-corrected chi connectivity index (χ2v) is 3.12. The highest BCUT2D eigenvalue weighted by Gasteiger charge is 2.29. The number of amides is 1. The van der Waals surface area contributed by atoms with Crippen LogP contribution in [-0.4, -0.2) is 28.8 Å². The van der Waals surface area contributed by atoms with E-state index < -0.39 is 18.6 Å². The molecule has 90 valence electrons. The van der Waals surface area contributed by atoms with E-state index in [0.717, 1.165) is 0 Å². The van der Waals surface area contributed by atoms with Crippen LogP contribution >= 0.6 is 0 Å². The number of hydrogen-bond acceptors (Lipinski definition) is 3. The number of nitrogens with two attached hydrogens (primary N) is 1. The van der Waals surface area contributed by atoms with Gasteiger partial charge in [0.25, 0.3) is 5.91 Å². The lowest BCUT2D eigenvalue weighted by molar-refractivity contribution is -0.123. The fourth-order valence-electron chi connectivity index (χ4n) is 1.09. The number of hydrogen-bond donors (Lipinski definition) is 3. The van der Waals surface area contributed by atoms with Gasteiger partial charge in [-0.15, -0.1) is 0 Å². The maximum absolute atomic E-state index is 11.8. The number of carbonyl (C=O) groups is 1. The Bertz CT molecular complexity index is 385. The van der Waals surface area contributed by atoms with E-state index in [1.165, 1.54) is 0 Å². The Labute approximate surface area is 89.2 Å². The normalized spacial score (nSPS) is 11.5. The number of anilines is 1. The Morgan fingerprint density at radius 1 is 1.56 bits per heavy atom. The summed E-state index contributed by atoms with van der Waals surface area (Å²) in [6.07, 6.45) is -3.93. The average Bonchev–Trinajstić information content (AvgIpc) is 2.55. The number of nitrogen functional groups attached to an aromatic ring is 1. The SMILES string of the molecule is CCc1[nH]nc(C(=O)NCC(F)(F)F)c1N. The molecular formula is C8H11F3N4O. The van der Waals surface area contributed by atoms with E-state index in [1.807, 2.05) is 0 Å². The first-order valence-electron chi connectivity index (χ1n) is 4.52. The van der Waals surface area contributed by atoms with Crippen molar-refractivity contribution in [3.05, 3.63) is 11.4 Å². The van der Waals surface area contributed by atoms with E-state index in [9.17, 15) is 18.0 Å². The van der Waals surface area contributed by atoms with Gasteiger partial charge in [0.2, 0.25) is 0 Å². The Balaban J connectivity index is 2.70. The molecule has 0 saturated carbocycles. The van der Waals surface area contributed by atoms with Crippen LogP contribution < -0.4 is 11.1 Å². The molecule has 0 aliphatic carbocycles. The quantitative estimate of drug-likeness (QED) is 0.727. The molecular weight excluding hydrogens is 225 g/mol. The van der Waals surface area contributed by atoms with Crippen LogP contribution in [0.3, 0.4) is 0 Å². The second-order valence-electron chi connectivity index (χ2n) is 3.12. The zero-order chi connectivity index (χ0) is 12.3. The van der Waals surface area contributed by atoms with Gasteiger partial charge in [0.15, 0.2) is 5.69 Å². The molecule has 0 unspecified atom stereocenters. The molecule has 0 fully saturated rings. The lowest BCUT2D eigenvalue weighted by atomic mass is 10.2. The Morgan fingerprint density at radius 2 is 2.19 bits per heavy atom. The van der Waals surface area contributed by atoms with Crippen molar-refractivity contribution in [2.45, 2.75) is 19.5 Å². The van der Waals surface area contributed by atoms with Gasteiger partial charge in [-0.05, 0) is 6.42 Å². The van der Waals surface area contributed by atoms with Crippen LogP contribution in [0.1, 0.15) is 23.1 Å². The lowest BCUT2D eigenvalue weighted by Crippen LogP contribution is -2.34. The van der Waals surface area contributed by atoms with Gasteiger partial charge in [-0.3, -0.25) is 9.89 Å². The van der Waals surface area contributed by atoms with Crippen LogP contribution in [0.2, 0.25) is 0 Å². The fourth-order valence-corrected chi connectivity index (χ4v) is 1.09. The summed E-state index contributed by atoms with van der Waals surface area (Å²) in [7, 11) is 0. The van der Waals surface area contributed by atoms with E-state index in [0.29, 0.717) is 12.1 Å². The Hall–Kier alpha value is -1.73. The minimum absolute atomic E-state index is 0.0853. The van der Waals surface area contributed by atoms with Crippen LogP contribution in [0.4, 0.5) is 18.9 Å². The van der Waals surface area contributed by atoms with Gasteiger partial charge in [0.05, 0.1) is 11.4 Å². The molecule has 0 aromatic carbocycles.